The van der Waals surface area contributed by atoms with Gasteiger partial charge in [0.25, 0.3) is 0 Å². The Morgan fingerprint density at radius 2 is 2.00 bits per heavy atom. The van der Waals surface area contributed by atoms with Gasteiger partial charge in [0.2, 0.25) is 0 Å². The summed E-state index contributed by atoms with van der Waals surface area (Å²) in [5.74, 6) is 1.62. The maximum absolute atomic E-state index is 6.02. The number of hydrogen-bond acceptors (Lipinski definition) is 2. The molecule has 0 spiro atoms. The third kappa shape index (κ3) is 1.61. The van der Waals surface area contributed by atoms with Gasteiger partial charge in [0.05, 0.1) is 6.04 Å². The van der Waals surface area contributed by atoms with Crippen LogP contribution in [0.4, 0.5) is 0 Å². The van der Waals surface area contributed by atoms with E-state index in [9.17, 15) is 0 Å². The van der Waals surface area contributed by atoms with Crippen LogP contribution < -0.4 is 10.1 Å². The van der Waals surface area contributed by atoms with Gasteiger partial charge >= 0.3 is 0 Å². The third-order valence-corrected chi connectivity index (χ3v) is 3.46. The molecule has 0 aromatic heterocycles. The van der Waals surface area contributed by atoms with Crippen LogP contribution in [0.1, 0.15) is 49.4 Å². The number of hydrogen-bond donors (Lipinski definition) is 1. The second-order valence-electron chi connectivity index (χ2n) is 4.96. The molecule has 1 N–H and O–H groups in total. The van der Waals surface area contributed by atoms with Crippen molar-refractivity contribution in [1.82, 2.24) is 5.32 Å². The zero-order chi connectivity index (χ0) is 11.9. The van der Waals surface area contributed by atoms with Crippen LogP contribution in [0, 0.1) is 6.92 Å². The van der Waals surface area contributed by atoms with Crippen molar-refractivity contribution < 1.29 is 4.74 Å². The maximum Gasteiger partial charge on any atom is 0.128 e. The van der Waals surface area contributed by atoms with Crippen LogP contribution in [0.3, 0.4) is 0 Å². The van der Waals surface area contributed by atoms with E-state index in [1.54, 1.807) is 0 Å². The Bertz CT molecular complexity index is 398. The molecule has 2 heteroatoms. The fraction of sp³-hybridized carbons (Fsp3) is 0.571. The van der Waals surface area contributed by atoms with E-state index in [0.29, 0.717) is 12.0 Å². The molecule has 2 unspecified atom stereocenters. The van der Waals surface area contributed by atoms with Crippen LogP contribution in [0.25, 0.3) is 0 Å². The van der Waals surface area contributed by atoms with Crippen LogP contribution >= 0.6 is 0 Å². The number of likely N-dealkylation sites (N-methyl/N-ethyl adjacent to an activating group) is 1. The Hall–Kier alpha value is -1.02. The average Bonchev–Trinajstić information content (AvgIpc) is 2.55. The molecule has 2 nitrogen and oxygen atoms in total. The van der Waals surface area contributed by atoms with Crippen molar-refractivity contribution in [2.45, 2.75) is 45.8 Å². The molecule has 1 aliphatic heterocycles. The number of nitrogens with one attached hydrogen (secondary N) is 1. The SMILES string of the molecule is CNC1c2c(C)ccc(C(C)C)c2OC1C. The summed E-state index contributed by atoms with van der Waals surface area (Å²) in [5, 5.41) is 3.35. The molecule has 0 saturated heterocycles. The van der Waals surface area contributed by atoms with E-state index < -0.39 is 0 Å². The van der Waals surface area contributed by atoms with Gasteiger partial charge in [-0.15, -0.1) is 0 Å². The summed E-state index contributed by atoms with van der Waals surface area (Å²) in [4.78, 5) is 0. The predicted molar refractivity (Wildman–Crippen MR) is 67.2 cm³/mol. The minimum atomic E-state index is 0.221. The maximum atomic E-state index is 6.02. The molecule has 88 valence electrons. The van der Waals surface area contributed by atoms with Crippen LogP contribution in [0.5, 0.6) is 5.75 Å². The monoisotopic (exact) mass is 219 g/mol. The van der Waals surface area contributed by atoms with Crippen molar-refractivity contribution in [2.75, 3.05) is 7.05 Å². The number of ether oxygens (including phenoxy) is 1. The smallest absolute Gasteiger partial charge is 0.128 e. The molecule has 0 bridgehead atoms. The lowest BCUT2D eigenvalue weighted by Crippen LogP contribution is -2.25. The van der Waals surface area contributed by atoms with E-state index in [1.165, 1.54) is 16.7 Å². The Morgan fingerprint density at radius 3 is 2.56 bits per heavy atom. The van der Waals surface area contributed by atoms with Gasteiger partial charge in [-0.3, -0.25) is 0 Å². The summed E-state index contributed by atoms with van der Waals surface area (Å²) >= 11 is 0. The highest BCUT2D eigenvalue weighted by atomic mass is 16.5. The Morgan fingerprint density at radius 1 is 1.31 bits per heavy atom. The third-order valence-electron chi connectivity index (χ3n) is 3.46. The largest absolute Gasteiger partial charge is 0.488 e. The molecule has 1 aromatic rings. The zero-order valence-corrected chi connectivity index (χ0v) is 10.8. The van der Waals surface area contributed by atoms with Crippen LogP contribution in [0.15, 0.2) is 12.1 Å². The number of fused-ring (bicyclic) bond motifs is 1. The summed E-state index contributed by atoms with van der Waals surface area (Å²) in [7, 11) is 2.00. The summed E-state index contributed by atoms with van der Waals surface area (Å²) in [5.41, 5.74) is 3.99. The minimum Gasteiger partial charge on any atom is -0.488 e. The van der Waals surface area contributed by atoms with E-state index in [1.807, 2.05) is 7.05 Å². The highest BCUT2D eigenvalue weighted by molar-refractivity contribution is 5.52. The van der Waals surface area contributed by atoms with E-state index in [4.69, 9.17) is 4.74 Å². The van der Waals surface area contributed by atoms with Crippen molar-refractivity contribution in [3.63, 3.8) is 0 Å². The molecule has 1 heterocycles. The average molecular weight is 219 g/mol. The Balaban J connectivity index is 2.57. The molecule has 2 rings (SSSR count). The fourth-order valence-corrected chi connectivity index (χ4v) is 2.56. The van der Waals surface area contributed by atoms with Gasteiger partial charge in [0.15, 0.2) is 0 Å². The second-order valence-corrected chi connectivity index (χ2v) is 4.96. The summed E-state index contributed by atoms with van der Waals surface area (Å²) in [6.07, 6.45) is 0.221. The topological polar surface area (TPSA) is 21.3 Å². The number of aryl methyl sites for hydroxylation is 1. The van der Waals surface area contributed by atoms with Gasteiger partial charge in [0, 0.05) is 5.56 Å². The molecule has 2 atom stereocenters. The van der Waals surface area contributed by atoms with Crippen molar-refractivity contribution in [1.29, 1.82) is 0 Å². The normalized spacial score (nSPS) is 23.4. The molecular weight excluding hydrogens is 198 g/mol. The van der Waals surface area contributed by atoms with Gasteiger partial charge in [-0.25, -0.2) is 0 Å². The Labute approximate surface area is 98.0 Å². The molecule has 0 saturated carbocycles. The zero-order valence-electron chi connectivity index (χ0n) is 10.8. The van der Waals surface area contributed by atoms with E-state index >= 15 is 0 Å². The van der Waals surface area contributed by atoms with Crippen LogP contribution in [-0.2, 0) is 0 Å². The minimum absolute atomic E-state index is 0.221. The van der Waals surface area contributed by atoms with Crippen molar-refractivity contribution in [3.8, 4) is 5.75 Å². The Kier molecular flexibility index (Phi) is 2.94. The summed E-state index contributed by atoms with van der Waals surface area (Å²) in [6.45, 7) is 8.72. The van der Waals surface area contributed by atoms with Gasteiger partial charge in [0.1, 0.15) is 11.9 Å². The lowest BCUT2D eigenvalue weighted by atomic mass is 9.93. The summed E-state index contributed by atoms with van der Waals surface area (Å²) in [6, 6.07) is 4.73. The molecule has 1 aliphatic rings. The molecular formula is C14H21NO. The molecule has 1 aromatic carbocycles. The lowest BCUT2D eigenvalue weighted by Gasteiger charge is -2.14. The second kappa shape index (κ2) is 4.10. The first-order valence-electron chi connectivity index (χ1n) is 6.03. The van der Waals surface area contributed by atoms with Crippen LogP contribution in [-0.4, -0.2) is 13.2 Å². The van der Waals surface area contributed by atoms with E-state index in [2.05, 4.69) is 45.1 Å². The molecule has 0 aliphatic carbocycles. The van der Waals surface area contributed by atoms with Gasteiger partial charge in [-0.2, -0.15) is 0 Å². The molecule has 0 amide bonds. The summed E-state index contributed by atoms with van der Waals surface area (Å²) < 4.78 is 6.02. The quantitative estimate of drug-likeness (QED) is 0.825. The van der Waals surface area contributed by atoms with E-state index in [-0.39, 0.29) is 6.10 Å². The van der Waals surface area contributed by atoms with Crippen LogP contribution in [0.2, 0.25) is 0 Å². The highest BCUT2D eigenvalue weighted by Gasteiger charge is 2.33. The molecule has 0 radical (unpaired) electrons. The van der Waals surface area contributed by atoms with Gasteiger partial charge in [-0.05, 0) is 37.9 Å². The first kappa shape index (κ1) is 11.5. The fourth-order valence-electron chi connectivity index (χ4n) is 2.56. The number of benzene rings is 1. The van der Waals surface area contributed by atoms with Crippen molar-refractivity contribution in [2.24, 2.45) is 0 Å². The van der Waals surface area contributed by atoms with E-state index in [0.717, 1.165) is 5.75 Å². The van der Waals surface area contributed by atoms with Crippen molar-refractivity contribution >= 4 is 0 Å². The molecule has 16 heavy (non-hydrogen) atoms. The standard InChI is InChI=1S/C14H21NO/c1-8(2)11-7-6-9(3)12-13(15-5)10(4)16-14(11)12/h6-8,10,13,15H,1-5H3. The first-order chi connectivity index (χ1) is 7.56. The predicted octanol–water partition coefficient (Wildman–Crippen LogP) is 3.16. The molecule has 0 fully saturated rings. The van der Waals surface area contributed by atoms with Crippen molar-refractivity contribution in [3.05, 3.63) is 28.8 Å². The van der Waals surface area contributed by atoms with Gasteiger partial charge in [-0.1, -0.05) is 26.0 Å². The number of rotatable bonds is 2. The first-order valence-corrected chi connectivity index (χ1v) is 6.03. The highest BCUT2D eigenvalue weighted by Crippen LogP contribution is 2.43. The lowest BCUT2D eigenvalue weighted by molar-refractivity contribution is 0.212. The van der Waals surface area contributed by atoms with Gasteiger partial charge < -0.3 is 10.1 Å².